The zero-order valence-electron chi connectivity index (χ0n) is 14.8. The number of rotatable bonds is 5. The highest BCUT2D eigenvalue weighted by Crippen LogP contribution is 2.30. The van der Waals surface area contributed by atoms with Gasteiger partial charge >= 0.3 is 0 Å². The number of oxime groups is 1. The van der Waals surface area contributed by atoms with Crippen LogP contribution >= 0.6 is 0 Å². The molecule has 0 bridgehead atoms. The van der Waals surface area contributed by atoms with E-state index in [9.17, 15) is 4.79 Å². The second-order valence-corrected chi connectivity index (χ2v) is 6.14. The molecule has 2 aromatic carbocycles. The van der Waals surface area contributed by atoms with Crippen molar-refractivity contribution in [3.05, 3.63) is 84.2 Å². The molecular weight excluding hydrogens is 358 g/mol. The van der Waals surface area contributed by atoms with Gasteiger partial charge in [-0.25, -0.2) is 0 Å². The second-order valence-electron chi connectivity index (χ2n) is 6.14. The number of nitrogens with zero attached hydrogens (tertiary/aromatic N) is 2. The number of benzene rings is 2. The van der Waals surface area contributed by atoms with E-state index in [0.29, 0.717) is 18.1 Å². The van der Waals surface area contributed by atoms with Gasteiger partial charge in [-0.3, -0.25) is 9.78 Å². The summed E-state index contributed by atoms with van der Waals surface area (Å²) in [5, 5.41) is 3.97. The number of para-hydroxylation sites is 1. The van der Waals surface area contributed by atoms with Crippen molar-refractivity contribution in [3.8, 4) is 17.2 Å². The van der Waals surface area contributed by atoms with Crippen LogP contribution in [-0.4, -0.2) is 16.8 Å². The van der Waals surface area contributed by atoms with Crippen LogP contribution in [0.5, 0.6) is 17.2 Å². The van der Waals surface area contributed by atoms with Crippen molar-refractivity contribution in [2.75, 3.05) is 0 Å². The molecule has 0 saturated heterocycles. The van der Waals surface area contributed by atoms with E-state index in [1.54, 1.807) is 0 Å². The van der Waals surface area contributed by atoms with Crippen molar-refractivity contribution in [3.63, 3.8) is 0 Å². The molecule has 7 nitrogen and oxygen atoms in total. The summed E-state index contributed by atoms with van der Waals surface area (Å²) < 4.78 is 11.4. The standard InChI is InChI=1S/C21H17N3O4/c22-21(25)15-10-18(13-23-12-15)27-20-11-19(28-24-20)14-6-8-17(9-7-14)26-16-4-2-1-3-5-16/h1-10,12-13,19H,11H2,(H2,22,25)/t19-/m0/s1. The van der Waals surface area contributed by atoms with Gasteiger partial charge in [0.15, 0.2) is 6.10 Å². The van der Waals surface area contributed by atoms with Crippen molar-refractivity contribution in [1.29, 1.82) is 0 Å². The number of amides is 1. The Bertz CT molecular complexity index is 1000. The number of hydrogen-bond donors (Lipinski definition) is 1. The topological polar surface area (TPSA) is 96.0 Å². The monoisotopic (exact) mass is 375 g/mol. The lowest BCUT2D eigenvalue weighted by atomic mass is 10.1. The van der Waals surface area contributed by atoms with E-state index in [-0.39, 0.29) is 11.7 Å². The molecule has 1 aromatic heterocycles. The molecule has 0 saturated carbocycles. The molecule has 1 atom stereocenters. The van der Waals surface area contributed by atoms with E-state index in [1.807, 2.05) is 54.6 Å². The lowest BCUT2D eigenvalue weighted by Crippen LogP contribution is -2.12. The van der Waals surface area contributed by atoms with Gasteiger partial charge in [0, 0.05) is 6.20 Å². The van der Waals surface area contributed by atoms with E-state index in [1.165, 1.54) is 18.5 Å². The Morgan fingerprint density at radius 3 is 2.46 bits per heavy atom. The summed E-state index contributed by atoms with van der Waals surface area (Å²) in [6, 6.07) is 18.7. The number of pyridine rings is 1. The van der Waals surface area contributed by atoms with E-state index in [2.05, 4.69) is 10.1 Å². The quantitative estimate of drug-likeness (QED) is 0.731. The Kier molecular flexibility index (Phi) is 4.88. The lowest BCUT2D eigenvalue weighted by Gasteiger charge is -2.10. The first-order valence-corrected chi connectivity index (χ1v) is 8.65. The third-order valence-corrected chi connectivity index (χ3v) is 4.11. The van der Waals surface area contributed by atoms with Gasteiger partial charge in [-0.2, -0.15) is 0 Å². The Labute approximate surface area is 161 Å². The average molecular weight is 375 g/mol. The molecule has 0 fully saturated rings. The van der Waals surface area contributed by atoms with Crippen LogP contribution in [0.2, 0.25) is 0 Å². The zero-order chi connectivity index (χ0) is 19.3. The second kappa shape index (κ2) is 7.79. The van der Waals surface area contributed by atoms with Gasteiger partial charge in [0.25, 0.3) is 0 Å². The molecule has 0 unspecified atom stereocenters. The van der Waals surface area contributed by atoms with Crippen LogP contribution in [0.4, 0.5) is 0 Å². The van der Waals surface area contributed by atoms with E-state index in [4.69, 9.17) is 20.0 Å². The average Bonchev–Trinajstić information content (AvgIpc) is 3.18. The molecule has 2 heterocycles. The summed E-state index contributed by atoms with van der Waals surface area (Å²) in [4.78, 5) is 20.6. The van der Waals surface area contributed by atoms with Crippen LogP contribution in [0.25, 0.3) is 0 Å². The van der Waals surface area contributed by atoms with Crippen molar-refractivity contribution in [2.45, 2.75) is 12.5 Å². The molecule has 4 rings (SSSR count). The van der Waals surface area contributed by atoms with Crippen LogP contribution in [0.1, 0.15) is 28.4 Å². The van der Waals surface area contributed by atoms with Gasteiger partial charge in [0.2, 0.25) is 11.8 Å². The van der Waals surface area contributed by atoms with E-state index in [0.717, 1.165) is 17.1 Å². The van der Waals surface area contributed by atoms with Gasteiger partial charge in [-0.05, 0) is 35.9 Å². The SMILES string of the molecule is NC(=O)c1cncc(OC2=NO[C@H](c3ccc(Oc4ccccc4)cc3)C2)c1. The first kappa shape index (κ1) is 17.5. The molecule has 0 radical (unpaired) electrons. The molecule has 2 N–H and O–H groups in total. The number of nitrogens with two attached hydrogens (primary N) is 1. The predicted octanol–water partition coefficient (Wildman–Crippen LogP) is 3.83. The van der Waals surface area contributed by atoms with Gasteiger partial charge < -0.3 is 20.0 Å². The minimum absolute atomic E-state index is 0.256. The van der Waals surface area contributed by atoms with Gasteiger partial charge in [-0.1, -0.05) is 35.5 Å². The van der Waals surface area contributed by atoms with E-state index < -0.39 is 5.91 Å². The molecule has 140 valence electrons. The molecule has 0 spiro atoms. The number of hydrogen-bond acceptors (Lipinski definition) is 6. The zero-order valence-corrected chi connectivity index (χ0v) is 14.8. The smallest absolute Gasteiger partial charge is 0.250 e. The van der Waals surface area contributed by atoms with E-state index >= 15 is 0 Å². The van der Waals surface area contributed by atoms with Gasteiger partial charge in [0.05, 0.1) is 18.2 Å². The largest absolute Gasteiger partial charge is 0.457 e. The maximum atomic E-state index is 11.2. The molecule has 7 heteroatoms. The maximum Gasteiger partial charge on any atom is 0.250 e. The first-order chi connectivity index (χ1) is 13.7. The van der Waals surface area contributed by atoms with Crippen LogP contribution in [0.15, 0.2) is 78.2 Å². The van der Waals surface area contributed by atoms with Crippen molar-refractivity contribution >= 4 is 11.8 Å². The molecular formula is C21H17N3O4. The maximum absolute atomic E-state index is 11.2. The Morgan fingerprint density at radius 1 is 0.964 bits per heavy atom. The summed E-state index contributed by atoms with van der Waals surface area (Å²) in [7, 11) is 0. The summed E-state index contributed by atoms with van der Waals surface area (Å²) >= 11 is 0. The van der Waals surface area contributed by atoms with Crippen LogP contribution < -0.4 is 15.2 Å². The fraction of sp³-hybridized carbons (Fsp3) is 0.0952. The fourth-order valence-electron chi connectivity index (χ4n) is 2.72. The Hall–Kier alpha value is -3.87. The molecule has 1 amide bonds. The van der Waals surface area contributed by atoms with Crippen molar-refractivity contribution in [2.24, 2.45) is 10.9 Å². The number of primary amides is 1. The summed E-state index contributed by atoms with van der Waals surface area (Å²) in [5.41, 5.74) is 6.47. The van der Waals surface area contributed by atoms with Crippen LogP contribution in [-0.2, 0) is 4.84 Å². The number of carbonyl (C=O) groups excluding carboxylic acids is 1. The third kappa shape index (κ3) is 4.09. The normalized spacial score (nSPS) is 15.4. The summed E-state index contributed by atoms with van der Waals surface area (Å²) in [6.45, 7) is 0. The Morgan fingerprint density at radius 2 is 1.71 bits per heavy atom. The number of aromatic nitrogens is 1. The fourth-order valence-corrected chi connectivity index (χ4v) is 2.72. The Balaban J connectivity index is 1.37. The minimum Gasteiger partial charge on any atom is -0.457 e. The molecule has 0 aliphatic carbocycles. The molecule has 1 aliphatic rings. The highest BCUT2D eigenvalue weighted by atomic mass is 16.7. The lowest BCUT2D eigenvalue weighted by molar-refractivity contribution is 0.0855. The molecule has 28 heavy (non-hydrogen) atoms. The van der Waals surface area contributed by atoms with Crippen molar-refractivity contribution < 1.29 is 19.1 Å². The van der Waals surface area contributed by atoms with Crippen LogP contribution in [0.3, 0.4) is 0 Å². The molecule has 3 aromatic rings. The number of ether oxygens (including phenoxy) is 2. The van der Waals surface area contributed by atoms with Gasteiger partial charge in [0.1, 0.15) is 17.2 Å². The molecule has 1 aliphatic heterocycles. The summed E-state index contributed by atoms with van der Waals surface area (Å²) in [5.74, 6) is 1.72. The highest BCUT2D eigenvalue weighted by Gasteiger charge is 2.25. The van der Waals surface area contributed by atoms with Crippen LogP contribution in [0, 0.1) is 0 Å². The van der Waals surface area contributed by atoms with Crippen molar-refractivity contribution in [1.82, 2.24) is 4.98 Å². The third-order valence-electron chi connectivity index (χ3n) is 4.11. The number of carbonyl (C=O) groups is 1. The van der Waals surface area contributed by atoms with Gasteiger partial charge in [-0.15, -0.1) is 0 Å². The summed E-state index contributed by atoms with van der Waals surface area (Å²) in [6.07, 6.45) is 3.06. The predicted molar refractivity (Wildman–Crippen MR) is 102 cm³/mol. The minimum atomic E-state index is -0.571. The first-order valence-electron chi connectivity index (χ1n) is 8.65. The highest BCUT2D eigenvalue weighted by molar-refractivity contribution is 5.93.